The van der Waals surface area contributed by atoms with E-state index in [2.05, 4.69) is 10.3 Å². The number of nitrogen functional groups attached to an aromatic ring is 1. The number of rotatable bonds is 9. The smallest absolute Gasteiger partial charge is 0.329 e. The molecule has 3 aromatic rings. The Balaban J connectivity index is 1.53. The third kappa shape index (κ3) is 7.29. The topological polar surface area (TPSA) is 140 Å². The Morgan fingerprint density at radius 1 is 1.03 bits per heavy atom. The highest BCUT2D eigenvalue weighted by molar-refractivity contribution is 7.92. The van der Waals surface area contributed by atoms with Gasteiger partial charge >= 0.3 is 5.97 Å². The number of hydrogen-bond acceptors (Lipinski definition) is 7. The number of esters is 1. The number of nitrogens with two attached hydrogens (primary N) is 1. The molecule has 4 N–H and O–H groups in total. The van der Waals surface area contributed by atoms with Crippen molar-refractivity contribution in [2.45, 2.75) is 55.6 Å². The van der Waals surface area contributed by atoms with Crippen LogP contribution < -0.4 is 15.8 Å². The predicted molar refractivity (Wildman–Crippen MR) is 140 cm³/mol. The molecule has 1 aromatic heterocycles. The Morgan fingerprint density at radius 2 is 1.74 bits per heavy atom. The Kier molecular flexibility index (Phi) is 8.75. The third-order valence-electron chi connectivity index (χ3n) is 6.28. The second-order valence-corrected chi connectivity index (χ2v) is 10.9. The number of amides is 1. The van der Waals surface area contributed by atoms with Gasteiger partial charge in [0.25, 0.3) is 15.9 Å². The van der Waals surface area contributed by atoms with E-state index < -0.39 is 50.8 Å². The molecule has 0 saturated heterocycles. The lowest BCUT2D eigenvalue weighted by Crippen LogP contribution is -2.45. The maximum atomic E-state index is 14.9. The fraction of sp³-hybridized carbons (Fsp3) is 0.296. The van der Waals surface area contributed by atoms with E-state index in [4.69, 9.17) is 10.5 Å². The standard InChI is InChI=1S/C27H28F2N4O5S/c28-22-15-24(33-39(36,37)20-9-5-2-6-10-20)23(29)14-21(22)26(34)32-25(13-18-12-11-17(30)16-31-18)27(35)38-19-7-3-1-4-8-19/h2,5-6,9-12,14-16,19,25,33H,1,3-4,7-8,13,30H2,(H,32,34)/t25-/m0/s1. The lowest BCUT2D eigenvalue weighted by atomic mass is 9.97. The van der Waals surface area contributed by atoms with Gasteiger partial charge in [0.1, 0.15) is 23.8 Å². The maximum Gasteiger partial charge on any atom is 0.329 e. The number of carbonyl (C=O) groups is 2. The first-order valence-electron chi connectivity index (χ1n) is 12.4. The van der Waals surface area contributed by atoms with E-state index in [1.165, 1.54) is 30.5 Å². The van der Waals surface area contributed by atoms with Crippen LogP contribution in [-0.4, -0.2) is 37.4 Å². The largest absolute Gasteiger partial charge is 0.461 e. The first kappa shape index (κ1) is 28.0. The molecule has 0 radical (unpaired) electrons. The zero-order chi connectivity index (χ0) is 28.0. The van der Waals surface area contributed by atoms with E-state index in [-0.39, 0.29) is 17.4 Å². The van der Waals surface area contributed by atoms with Crippen LogP contribution >= 0.6 is 0 Å². The summed E-state index contributed by atoms with van der Waals surface area (Å²) in [5.74, 6) is -4.17. The molecule has 9 nitrogen and oxygen atoms in total. The van der Waals surface area contributed by atoms with Gasteiger partial charge in [-0.05, 0) is 56.0 Å². The molecule has 1 fully saturated rings. The summed E-state index contributed by atoms with van der Waals surface area (Å²) in [5, 5.41) is 2.42. The molecule has 0 unspecified atom stereocenters. The number of pyridine rings is 1. The highest BCUT2D eigenvalue weighted by Gasteiger charge is 2.29. The highest BCUT2D eigenvalue weighted by atomic mass is 32.2. The van der Waals surface area contributed by atoms with Crippen molar-refractivity contribution in [1.29, 1.82) is 0 Å². The normalized spacial score (nSPS) is 14.8. The Bertz CT molecular complexity index is 1430. The maximum absolute atomic E-state index is 14.9. The average Bonchev–Trinajstić information content (AvgIpc) is 2.92. The minimum absolute atomic E-state index is 0.0728. The van der Waals surface area contributed by atoms with Gasteiger partial charge in [-0.3, -0.25) is 14.5 Å². The van der Waals surface area contributed by atoms with E-state index in [0.717, 1.165) is 19.3 Å². The van der Waals surface area contributed by atoms with Crippen molar-refractivity contribution in [3.05, 3.63) is 83.7 Å². The molecule has 1 aliphatic carbocycles. The van der Waals surface area contributed by atoms with Crippen molar-refractivity contribution in [3.63, 3.8) is 0 Å². The fourth-order valence-electron chi connectivity index (χ4n) is 4.23. The van der Waals surface area contributed by atoms with E-state index >= 15 is 0 Å². The van der Waals surface area contributed by atoms with Crippen LogP contribution in [0.4, 0.5) is 20.2 Å². The SMILES string of the molecule is Nc1ccc(C[C@H](NC(=O)c2cc(F)c(NS(=O)(=O)c3ccccc3)cc2F)C(=O)OC2CCCCC2)nc1. The van der Waals surface area contributed by atoms with Crippen LogP contribution in [0.5, 0.6) is 0 Å². The van der Waals surface area contributed by atoms with Gasteiger partial charge < -0.3 is 15.8 Å². The summed E-state index contributed by atoms with van der Waals surface area (Å²) in [6.07, 6.45) is 5.31. The third-order valence-corrected chi connectivity index (χ3v) is 7.67. The average molecular weight is 559 g/mol. The monoisotopic (exact) mass is 558 g/mol. The van der Waals surface area contributed by atoms with Crippen LogP contribution in [0.25, 0.3) is 0 Å². The number of aromatic nitrogens is 1. The van der Waals surface area contributed by atoms with Crippen molar-refractivity contribution in [1.82, 2.24) is 10.3 Å². The number of nitrogens with one attached hydrogen (secondary N) is 2. The summed E-state index contributed by atoms with van der Waals surface area (Å²) >= 11 is 0. The molecule has 0 aliphatic heterocycles. The molecule has 1 amide bonds. The Labute approximate surface area is 224 Å². The van der Waals surface area contributed by atoms with Crippen molar-refractivity contribution < 1.29 is 31.5 Å². The lowest BCUT2D eigenvalue weighted by molar-refractivity contribution is -0.152. The van der Waals surface area contributed by atoms with Crippen molar-refractivity contribution in [2.24, 2.45) is 0 Å². The van der Waals surface area contributed by atoms with Gasteiger partial charge in [0.2, 0.25) is 0 Å². The van der Waals surface area contributed by atoms with E-state index in [0.29, 0.717) is 36.4 Å². The molecule has 1 aliphatic rings. The first-order valence-corrected chi connectivity index (χ1v) is 13.9. The molecule has 0 spiro atoms. The molecule has 0 bridgehead atoms. The zero-order valence-corrected chi connectivity index (χ0v) is 21.7. The number of sulfonamides is 1. The van der Waals surface area contributed by atoms with E-state index in [9.17, 15) is 26.8 Å². The van der Waals surface area contributed by atoms with Crippen LogP contribution in [0.2, 0.25) is 0 Å². The summed E-state index contributed by atoms with van der Waals surface area (Å²) in [6.45, 7) is 0. The fourth-order valence-corrected chi connectivity index (χ4v) is 5.31. The molecule has 12 heteroatoms. The quantitative estimate of drug-likeness (QED) is 0.338. The van der Waals surface area contributed by atoms with Gasteiger partial charge in [-0.25, -0.2) is 22.0 Å². The van der Waals surface area contributed by atoms with Gasteiger partial charge in [0.15, 0.2) is 0 Å². The minimum atomic E-state index is -4.20. The highest BCUT2D eigenvalue weighted by Crippen LogP contribution is 2.24. The van der Waals surface area contributed by atoms with Gasteiger partial charge in [-0.2, -0.15) is 0 Å². The van der Waals surface area contributed by atoms with Crippen LogP contribution in [-0.2, 0) is 26.0 Å². The number of ether oxygens (including phenoxy) is 1. The van der Waals surface area contributed by atoms with Crippen molar-refractivity contribution in [2.75, 3.05) is 10.5 Å². The number of hydrogen-bond donors (Lipinski definition) is 3. The predicted octanol–water partition coefficient (Wildman–Crippen LogP) is 3.96. The van der Waals surface area contributed by atoms with Crippen molar-refractivity contribution >= 4 is 33.3 Å². The molecule has 1 saturated carbocycles. The van der Waals surface area contributed by atoms with Crippen LogP contribution in [0, 0.1) is 11.6 Å². The van der Waals surface area contributed by atoms with E-state index in [1.807, 2.05) is 4.72 Å². The molecule has 1 heterocycles. The van der Waals surface area contributed by atoms with Crippen LogP contribution in [0.15, 0.2) is 65.7 Å². The molecule has 2 aromatic carbocycles. The second kappa shape index (κ2) is 12.2. The Hall–Kier alpha value is -4.06. The van der Waals surface area contributed by atoms with E-state index in [1.54, 1.807) is 18.2 Å². The Morgan fingerprint density at radius 3 is 2.41 bits per heavy atom. The van der Waals surface area contributed by atoms with Crippen LogP contribution in [0.3, 0.4) is 0 Å². The van der Waals surface area contributed by atoms with Gasteiger partial charge in [0.05, 0.1) is 28.0 Å². The molecule has 206 valence electrons. The molecular formula is C27H28F2N4O5S. The van der Waals surface area contributed by atoms with Crippen LogP contribution in [0.1, 0.15) is 48.2 Å². The molecular weight excluding hydrogens is 530 g/mol. The number of halogens is 2. The van der Waals surface area contributed by atoms with Gasteiger partial charge in [0, 0.05) is 18.2 Å². The summed E-state index contributed by atoms with van der Waals surface area (Å²) in [4.78, 5) is 30.0. The molecule has 1 atom stereocenters. The number of nitrogens with zero attached hydrogens (tertiary/aromatic N) is 1. The number of benzene rings is 2. The summed E-state index contributed by atoms with van der Waals surface area (Å²) < 4.78 is 62.4. The molecule has 39 heavy (non-hydrogen) atoms. The second-order valence-electron chi connectivity index (χ2n) is 9.24. The summed E-state index contributed by atoms with van der Waals surface area (Å²) in [6, 6.07) is 10.2. The molecule has 4 rings (SSSR count). The minimum Gasteiger partial charge on any atom is -0.461 e. The first-order chi connectivity index (χ1) is 18.6. The van der Waals surface area contributed by atoms with Gasteiger partial charge in [-0.15, -0.1) is 0 Å². The summed E-state index contributed by atoms with van der Waals surface area (Å²) in [5.41, 5.74) is 5.11. The van der Waals surface area contributed by atoms with Crippen molar-refractivity contribution in [3.8, 4) is 0 Å². The van der Waals surface area contributed by atoms with Gasteiger partial charge in [-0.1, -0.05) is 24.6 Å². The lowest BCUT2D eigenvalue weighted by Gasteiger charge is -2.25. The number of anilines is 2. The number of carbonyl (C=O) groups excluding carboxylic acids is 2. The zero-order valence-electron chi connectivity index (χ0n) is 20.9. The summed E-state index contributed by atoms with van der Waals surface area (Å²) in [7, 11) is -4.20.